The molecule has 3 heteroatoms. The second-order valence-corrected chi connectivity index (χ2v) is 6.40. The molecule has 0 aliphatic rings. The number of hydrogen-bond acceptors (Lipinski definition) is 3. The van der Waals surface area contributed by atoms with E-state index in [2.05, 4.69) is 69.3 Å². The Bertz CT molecular complexity index is 317. The summed E-state index contributed by atoms with van der Waals surface area (Å²) in [4.78, 5) is 2.20. The molecular formula is C13H22N2S. The molecule has 0 aliphatic carbocycles. The Kier molecular flexibility index (Phi) is 4.54. The van der Waals surface area contributed by atoms with Crippen LogP contribution in [0, 0.1) is 0 Å². The third-order valence-electron chi connectivity index (χ3n) is 2.33. The molecule has 0 atom stereocenters. The summed E-state index contributed by atoms with van der Waals surface area (Å²) < 4.78 is 0. The average Bonchev–Trinajstić information content (AvgIpc) is 2.17. The lowest BCUT2D eigenvalue weighted by Crippen LogP contribution is -2.26. The van der Waals surface area contributed by atoms with E-state index in [1.54, 1.807) is 0 Å². The number of hydrogen-bond donors (Lipinski definition) is 1. The van der Waals surface area contributed by atoms with Crippen LogP contribution < -0.4 is 10.2 Å². The summed E-state index contributed by atoms with van der Waals surface area (Å²) in [6, 6.07) is 8.53. The minimum absolute atomic E-state index is 0.0916. The summed E-state index contributed by atoms with van der Waals surface area (Å²) in [6.07, 6.45) is 0. The predicted molar refractivity (Wildman–Crippen MR) is 76.6 cm³/mol. The van der Waals surface area contributed by atoms with Gasteiger partial charge in [-0.2, -0.15) is 0 Å². The highest BCUT2D eigenvalue weighted by molar-refractivity contribution is 8.00. The van der Waals surface area contributed by atoms with E-state index in [0.717, 1.165) is 5.75 Å². The van der Waals surface area contributed by atoms with E-state index < -0.39 is 0 Å². The zero-order valence-electron chi connectivity index (χ0n) is 10.9. The van der Waals surface area contributed by atoms with Crippen LogP contribution in [-0.2, 0) is 0 Å². The van der Waals surface area contributed by atoms with Crippen molar-refractivity contribution in [1.29, 1.82) is 0 Å². The maximum Gasteiger partial charge on any atom is 0.0776 e. The van der Waals surface area contributed by atoms with E-state index in [4.69, 9.17) is 0 Å². The van der Waals surface area contributed by atoms with Gasteiger partial charge in [-0.25, -0.2) is 0 Å². The van der Waals surface area contributed by atoms with Crippen molar-refractivity contribution in [3.63, 3.8) is 0 Å². The zero-order valence-corrected chi connectivity index (χ0v) is 11.7. The minimum atomic E-state index is 0.0916. The molecule has 1 N–H and O–H groups in total. The Hall–Kier alpha value is -0.830. The summed E-state index contributed by atoms with van der Waals surface area (Å²) in [5.41, 5.74) is 2.41. The van der Waals surface area contributed by atoms with Crippen molar-refractivity contribution in [3.05, 3.63) is 24.3 Å². The van der Waals surface area contributed by atoms with Gasteiger partial charge in [0.05, 0.1) is 4.87 Å². The second kappa shape index (κ2) is 5.48. The molecule has 0 saturated carbocycles. The fraction of sp³-hybridized carbons (Fsp3) is 0.538. The smallest absolute Gasteiger partial charge is 0.0776 e. The summed E-state index contributed by atoms with van der Waals surface area (Å²) in [6.45, 7) is 6.60. The molecule has 0 saturated heterocycles. The standard InChI is InChI=1S/C13H22N2S/c1-6-16-13(2,3)14-11-7-9-12(10-8-11)15(4)5/h7-10,14H,6H2,1-5H3. The Balaban J connectivity index is 2.68. The quantitative estimate of drug-likeness (QED) is 0.788. The van der Waals surface area contributed by atoms with Gasteiger partial charge in [-0.05, 0) is 43.9 Å². The molecule has 0 heterocycles. The first kappa shape index (κ1) is 13.2. The van der Waals surface area contributed by atoms with E-state index in [1.165, 1.54) is 11.4 Å². The van der Waals surface area contributed by atoms with Crippen LogP contribution in [-0.4, -0.2) is 24.7 Å². The topological polar surface area (TPSA) is 15.3 Å². The molecule has 0 unspecified atom stereocenters. The maximum absolute atomic E-state index is 3.53. The SMILES string of the molecule is CCSC(C)(C)Nc1ccc(N(C)C)cc1. The summed E-state index contributed by atoms with van der Waals surface area (Å²) in [5, 5.41) is 3.53. The first-order valence-electron chi connectivity index (χ1n) is 5.64. The van der Waals surface area contributed by atoms with Gasteiger partial charge in [0.1, 0.15) is 0 Å². The molecule has 0 aliphatic heterocycles. The molecular weight excluding hydrogens is 216 g/mol. The monoisotopic (exact) mass is 238 g/mol. The third-order valence-corrected chi connectivity index (χ3v) is 3.45. The van der Waals surface area contributed by atoms with Crippen LogP contribution in [0.1, 0.15) is 20.8 Å². The molecule has 0 spiro atoms. The Labute approximate surface area is 103 Å². The molecule has 1 aromatic rings. The van der Waals surface area contributed by atoms with Gasteiger partial charge in [-0.15, -0.1) is 11.8 Å². The predicted octanol–water partition coefficient (Wildman–Crippen LogP) is 3.65. The van der Waals surface area contributed by atoms with Crippen LogP contribution in [0.5, 0.6) is 0 Å². The van der Waals surface area contributed by atoms with Crippen molar-refractivity contribution in [3.8, 4) is 0 Å². The van der Waals surface area contributed by atoms with E-state index in [1.807, 2.05) is 11.8 Å². The van der Waals surface area contributed by atoms with Crippen molar-refractivity contribution < 1.29 is 0 Å². The van der Waals surface area contributed by atoms with Gasteiger partial charge in [0.25, 0.3) is 0 Å². The molecule has 2 nitrogen and oxygen atoms in total. The molecule has 16 heavy (non-hydrogen) atoms. The molecule has 0 aromatic heterocycles. The van der Waals surface area contributed by atoms with Gasteiger partial charge in [0, 0.05) is 25.5 Å². The molecule has 0 fully saturated rings. The molecule has 90 valence electrons. The Morgan fingerprint density at radius 2 is 1.75 bits per heavy atom. The highest BCUT2D eigenvalue weighted by Gasteiger charge is 2.16. The van der Waals surface area contributed by atoms with Crippen molar-refractivity contribution in [2.75, 3.05) is 30.1 Å². The summed E-state index contributed by atoms with van der Waals surface area (Å²) in [5.74, 6) is 1.12. The highest BCUT2D eigenvalue weighted by Crippen LogP contribution is 2.27. The van der Waals surface area contributed by atoms with Gasteiger partial charge in [0.2, 0.25) is 0 Å². The molecule has 1 rings (SSSR count). The molecule has 0 bridgehead atoms. The molecule has 0 amide bonds. The van der Waals surface area contributed by atoms with Crippen LogP contribution in [0.2, 0.25) is 0 Å². The van der Waals surface area contributed by atoms with Gasteiger partial charge < -0.3 is 10.2 Å². The van der Waals surface area contributed by atoms with Crippen molar-refractivity contribution >= 4 is 23.1 Å². The van der Waals surface area contributed by atoms with E-state index in [-0.39, 0.29) is 4.87 Å². The van der Waals surface area contributed by atoms with Crippen molar-refractivity contribution in [1.82, 2.24) is 0 Å². The highest BCUT2D eigenvalue weighted by atomic mass is 32.2. The Morgan fingerprint density at radius 3 is 2.19 bits per heavy atom. The van der Waals surface area contributed by atoms with Gasteiger partial charge >= 0.3 is 0 Å². The lowest BCUT2D eigenvalue weighted by molar-refractivity contribution is 0.822. The fourth-order valence-corrected chi connectivity index (χ4v) is 2.50. The number of thioether (sulfide) groups is 1. The van der Waals surface area contributed by atoms with E-state index in [0.29, 0.717) is 0 Å². The average molecular weight is 238 g/mol. The lowest BCUT2D eigenvalue weighted by atomic mass is 10.2. The summed E-state index contributed by atoms with van der Waals surface area (Å²) in [7, 11) is 4.11. The maximum atomic E-state index is 3.53. The second-order valence-electron chi connectivity index (χ2n) is 4.51. The van der Waals surface area contributed by atoms with Gasteiger partial charge in [-0.1, -0.05) is 6.92 Å². The first-order chi connectivity index (χ1) is 7.44. The molecule has 0 radical (unpaired) electrons. The van der Waals surface area contributed by atoms with Crippen LogP contribution in [0.3, 0.4) is 0 Å². The van der Waals surface area contributed by atoms with Crippen LogP contribution >= 0.6 is 11.8 Å². The van der Waals surface area contributed by atoms with Crippen LogP contribution in [0.25, 0.3) is 0 Å². The van der Waals surface area contributed by atoms with Gasteiger partial charge in [-0.3, -0.25) is 0 Å². The number of nitrogens with zero attached hydrogens (tertiary/aromatic N) is 1. The Morgan fingerprint density at radius 1 is 1.19 bits per heavy atom. The van der Waals surface area contributed by atoms with E-state index >= 15 is 0 Å². The number of benzene rings is 1. The zero-order chi connectivity index (χ0) is 12.2. The minimum Gasteiger partial charge on any atom is -0.378 e. The lowest BCUT2D eigenvalue weighted by Gasteiger charge is -2.26. The fourth-order valence-electron chi connectivity index (χ4n) is 1.59. The van der Waals surface area contributed by atoms with E-state index in [9.17, 15) is 0 Å². The molecule has 1 aromatic carbocycles. The normalized spacial score (nSPS) is 11.3. The van der Waals surface area contributed by atoms with Gasteiger partial charge in [0.15, 0.2) is 0 Å². The van der Waals surface area contributed by atoms with Crippen LogP contribution in [0.15, 0.2) is 24.3 Å². The largest absolute Gasteiger partial charge is 0.378 e. The third kappa shape index (κ3) is 3.97. The van der Waals surface area contributed by atoms with Crippen molar-refractivity contribution in [2.45, 2.75) is 25.6 Å². The van der Waals surface area contributed by atoms with Crippen molar-refractivity contribution in [2.24, 2.45) is 0 Å². The van der Waals surface area contributed by atoms with Crippen LogP contribution in [0.4, 0.5) is 11.4 Å². The number of rotatable bonds is 5. The number of nitrogens with one attached hydrogen (secondary N) is 1. The summed E-state index contributed by atoms with van der Waals surface area (Å²) >= 11 is 1.92. The first-order valence-corrected chi connectivity index (χ1v) is 6.62. The number of anilines is 2.